The Morgan fingerprint density at radius 1 is 1.21 bits per heavy atom. The molecule has 0 saturated carbocycles. The lowest BCUT2D eigenvalue weighted by atomic mass is 10.1. The number of benzene rings is 2. The van der Waals surface area contributed by atoms with Crippen LogP contribution in [0.1, 0.15) is 11.1 Å². The standard InChI is InChI=1S/C18H22FN3O2/c1-12-3-6-15(9-13(12)2)22-18(20)21-10-16(23)11-24-17-7-4-14(19)5-8-17/h3-9,16,23H,10-11H2,1-2H3,(H3,20,21,22). The lowest BCUT2D eigenvalue weighted by Gasteiger charge is -2.12. The summed E-state index contributed by atoms with van der Waals surface area (Å²) >= 11 is 0. The van der Waals surface area contributed by atoms with Gasteiger partial charge in [-0.05, 0) is 61.4 Å². The van der Waals surface area contributed by atoms with Gasteiger partial charge in [-0.2, -0.15) is 0 Å². The molecule has 0 aliphatic heterocycles. The molecule has 0 fully saturated rings. The molecule has 128 valence electrons. The van der Waals surface area contributed by atoms with Gasteiger partial charge in [0.25, 0.3) is 0 Å². The Hall–Kier alpha value is -2.60. The maximum absolute atomic E-state index is 12.8. The Balaban J connectivity index is 1.80. The first-order valence-corrected chi connectivity index (χ1v) is 7.64. The van der Waals surface area contributed by atoms with Crippen LogP contribution in [0.4, 0.5) is 10.1 Å². The average molecular weight is 331 g/mol. The van der Waals surface area contributed by atoms with E-state index in [9.17, 15) is 9.50 Å². The van der Waals surface area contributed by atoms with Crippen LogP contribution in [0.3, 0.4) is 0 Å². The van der Waals surface area contributed by atoms with Crippen molar-refractivity contribution in [2.75, 3.05) is 18.5 Å². The lowest BCUT2D eigenvalue weighted by molar-refractivity contribution is 0.114. The van der Waals surface area contributed by atoms with E-state index in [1.165, 1.54) is 29.8 Å². The molecule has 1 atom stereocenters. The Morgan fingerprint density at radius 2 is 1.92 bits per heavy atom. The van der Waals surface area contributed by atoms with Crippen molar-refractivity contribution in [3.05, 3.63) is 59.4 Å². The van der Waals surface area contributed by atoms with E-state index in [2.05, 4.69) is 10.3 Å². The highest BCUT2D eigenvalue weighted by atomic mass is 19.1. The Labute approximate surface area is 141 Å². The van der Waals surface area contributed by atoms with Crippen LogP contribution in [0.25, 0.3) is 0 Å². The number of aliphatic hydroxyl groups excluding tert-OH is 1. The smallest absolute Gasteiger partial charge is 0.193 e. The molecule has 0 aliphatic carbocycles. The van der Waals surface area contributed by atoms with E-state index >= 15 is 0 Å². The summed E-state index contributed by atoms with van der Waals surface area (Å²) in [5.74, 6) is 0.373. The largest absolute Gasteiger partial charge is 0.491 e. The highest BCUT2D eigenvalue weighted by Crippen LogP contribution is 2.14. The third-order valence-electron chi connectivity index (χ3n) is 3.51. The second kappa shape index (κ2) is 8.31. The van der Waals surface area contributed by atoms with Crippen LogP contribution in [0, 0.1) is 19.7 Å². The normalized spacial score (nSPS) is 12.8. The highest BCUT2D eigenvalue weighted by Gasteiger charge is 2.05. The maximum Gasteiger partial charge on any atom is 0.193 e. The first-order chi connectivity index (χ1) is 11.4. The summed E-state index contributed by atoms with van der Waals surface area (Å²) < 4.78 is 18.1. The van der Waals surface area contributed by atoms with Gasteiger partial charge in [0, 0.05) is 5.69 Å². The van der Waals surface area contributed by atoms with Gasteiger partial charge >= 0.3 is 0 Å². The number of guanidine groups is 1. The number of aliphatic imine (C=N–C) groups is 1. The molecule has 0 aliphatic rings. The fourth-order valence-corrected chi connectivity index (χ4v) is 1.99. The van der Waals surface area contributed by atoms with Gasteiger partial charge in [0.2, 0.25) is 0 Å². The molecule has 0 spiro atoms. The van der Waals surface area contributed by atoms with E-state index in [0.29, 0.717) is 5.75 Å². The van der Waals surface area contributed by atoms with Crippen molar-refractivity contribution in [2.45, 2.75) is 20.0 Å². The molecule has 4 N–H and O–H groups in total. The van der Waals surface area contributed by atoms with Crippen LogP contribution in [-0.4, -0.2) is 30.3 Å². The van der Waals surface area contributed by atoms with E-state index in [1.807, 2.05) is 32.0 Å². The summed E-state index contributed by atoms with van der Waals surface area (Å²) in [7, 11) is 0. The number of hydrogen-bond acceptors (Lipinski definition) is 3. The number of aliphatic hydroxyl groups is 1. The van der Waals surface area contributed by atoms with Gasteiger partial charge in [-0.15, -0.1) is 0 Å². The van der Waals surface area contributed by atoms with Crippen molar-refractivity contribution in [3.63, 3.8) is 0 Å². The van der Waals surface area contributed by atoms with Gasteiger partial charge in [-0.25, -0.2) is 4.39 Å². The zero-order chi connectivity index (χ0) is 17.5. The predicted octanol–water partition coefficient (Wildman–Crippen LogP) is 2.61. The molecule has 0 saturated heterocycles. The summed E-state index contributed by atoms with van der Waals surface area (Å²) in [5, 5.41) is 12.9. The van der Waals surface area contributed by atoms with Crippen LogP contribution >= 0.6 is 0 Å². The van der Waals surface area contributed by atoms with Crippen molar-refractivity contribution in [3.8, 4) is 5.75 Å². The molecular weight excluding hydrogens is 309 g/mol. The van der Waals surface area contributed by atoms with Gasteiger partial charge in [-0.1, -0.05) is 6.07 Å². The minimum Gasteiger partial charge on any atom is -0.491 e. The predicted molar refractivity (Wildman–Crippen MR) is 93.9 cm³/mol. The summed E-state index contributed by atoms with van der Waals surface area (Å²) in [6.45, 7) is 4.20. The summed E-state index contributed by atoms with van der Waals surface area (Å²) in [4.78, 5) is 4.09. The van der Waals surface area contributed by atoms with Crippen LogP contribution in [-0.2, 0) is 0 Å². The summed E-state index contributed by atoms with van der Waals surface area (Å²) in [6, 6.07) is 11.5. The molecule has 1 unspecified atom stereocenters. The summed E-state index contributed by atoms with van der Waals surface area (Å²) in [6.07, 6.45) is -0.810. The van der Waals surface area contributed by atoms with Crippen molar-refractivity contribution < 1.29 is 14.2 Å². The van der Waals surface area contributed by atoms with Crippen molar-refractivity contribution in [1.29, 1.82) is 0 Å². The first-order valence-electron chi connectivity index (χ1n) is 7.64. The molecule has 5 nitrogen and oxygen atoms in total. The molecule has 24 heavy (non-hydrogen) atoms. The second-order valence-corrected chi connectivity index (χ2v) is 5.57. The minimum absolute atomic E-state index is 0.0477. The average Bonchev–Trinajstić information content (AvgIpc) is 2.56. The van der Waals surface area contributed by atoms with Gasteiger partial charge in [0.05, 0.1) is 6.54 Å². The quantitative estimate of drug-likeness (QED) is 0.561. The van der Waals surface area contributed by atoms with Gasteiger partial charge < -0.3 is 20.9 Å². The molecule has 6 heteroatoms. The van der Waals surface area contributed by atoms with Crippen LogP contribution in [0.5, 0.6) is 5.75 Å². The third kappa shape index (κ3) is 5.55. The van der Waals surface area contributed by atoms with Crippen LogP contribution in [0.15, 0.2) is 47.5 Å². The fraction of sp³-hybridized carbons (Fsp3) is 0.278. The molecule has 0 heterocycles. The topological polar surface area (TPSA) is 79.9 Å². The molecule has 2 aromatic rings. The highest BCUT2D eigenvalue weighted by molar-refractivity contribution is 5.92. The number of nitrogens with one attached hydrogen (secondary N) is 1. The van der Waals surface area contributed by atoms with E-state index in [-0.39, 0.29) is 24.9 Å². The molecule has 0 aromatic heterocycles. The number of anilines is 1. The molecular formula is C18H22FN3O2. The van der Waals surface area contributed by atoms with Gasteiger partial charge in [0.15, 0.2) is 5.96 Å². The number of hydrogen-bond donors (Lipinski definition) is 3. The van der Waals surface area contributed by atoms with Gasteiger partial charge in [-0.3, -0.25) is 4.99 Å². The van der Waals surface area contributed by atoms with Crippen LogP contribution < -0.4 is 15.8 Å². The van der Waals surface area contributed by atoms with Crippen molar-refractivity contribution >= 4 is 11.6 Å². The third-order valence-corrected chi connectivity index (χ3v) is 3.51. The monoisotopic (exact) mass is 331 g/mol. The minimum atomic E-state index is -0.810. The van der Waals surface area contributed by atoms with Crippen LogP contribution in [0.2, 0.25) is 0 Å². The van der Waals surface area contributed by atoms with E-state index in [0.717, 1.165) is 11.3 Å². The zero-order valence-corrected chi connectivity index (χ0v) is 13.8. The molecule has 0 radical (unpaired) electrons. The number of ether oxygens (including phenoxy) is 1. The van der Waals surface area contributed by atoms with E-state index in [4.69, 9.17) is 10.5 Å². The SMILES string of the molecule is Cc1ccc(NC(N)=NCC(O)COc2ccc(F)cc2)cc1C. The maximum atomic E-state index is 12.8. The number of rotatable bonds is 6. The number of nitrogens with zero attached hydrogens (tertiary/aromatic N) is 1. The lowest BCUT2D eigenvalue weighted by Crippen LogP contribution is -2.27. The number of halogens is 1. The number of aryl methyl sites for hydroxylation is 2. The molecule has 2 rings (SSSR count). The van der Waals surface area contributed by atoms with E-state index in [1.54, 1.807) is 0 Å². The molecule has 2 aromatic carbocycles. The van der Waals surface area contributed by atoms with Gasteiger partial charge in [0.1, 0.15) is 24.3 Å². The van der Waals surface area contributed by atoms with Crippen molar-refractivity contribution in [2.24, 2.45) is 10.7 Å². The Bertz CT molecular complexity index is 702. The zero-order valence-electron chi connectivity index (χ0n) is 13.8. The summed E-state index contributed by atoms with van der Waals surface area (Å²) in [5.41, 5.74) is 9.01. The molecule has 0 bridgehead atoms. The molecule has 0 amide bonds. The van der Waals surface area contributed by atoms with E-state index < -0.39 is 6.10 Å². The first kappa shape index (κ1) is 17.7. The Kier molecular flexibility index (Phi) is 6.14. The second-order valence-electron chi connectivity index (χ2n) is 5.57. The fourth-order valence-electron chi connectivity index (χ4n) is 1.99. The Morgan fingerprint density at radius 3 is 2.58 bits per heavy atom. The van der Waals surface area contributed by atoms with Crippen molar-refractivity contribution in [1.82, 2.24) is 0 Å². The number of nitrogens with two attached hydrogens (primary N) is 1.